The molecule has 0 atom stereocenters. The maximum absolute atomic E-state index is 11.1. The van der Waals surface area contributed by atoms with E-state index in [-0.39, 0.29) is 11.4 Å². The monoisotopic (exact) mass is 227 g/mol. The molecule has 0 unspecified atom stereocenters. The number of aromatic nitrogens is 3. The van der Waals surface area contributed by atoms with Gasteiger partial charge in [0.1, 0.15) is 6.33 Å². The number of hydrogen-bond donors (Lipinski definition) is 0. The zero-order valence-electron chi connectivity index (χ0n) is 10.1. The summed E-state index contributed by atoms with van der Waals surface area (Å²) in [4.78, 5) is 14.9. The second-order valence-corrected chi connectivity index (χ2v) is 4.28. The average molecular weight is 227 g/mol. The van der Waals surface area contributed by atoms with E-state index >= 15 is 0 Å². The minimum atomic E-state index is -0.532. The Kier molecular flexibility index (Phi) is 4.00. The summed E-state index contributed by atoms with van der Waals surface area (Å²) >= 11 is 0. The van der Waals surface area contributed by atoms with Crippen LogP contribution in [0.4, 0.5) is 0 Å². The van der Waals surface area contributed by atoms with Gasteiger partial charge in [-0.05, 0) is 20.8 Å². The molecule has 0 aliphatic heterocycles. The molecule has 0 amide bonds. The van der Waals surface area contributed by atoms with Crippen molar-refractivity contribution >= 4 is 5.97 Å². The Labute approximate surface area is 94.6 Å². The summed E-state index contributed by atoms with van der Waals surface area (Å²) in [6.45, 7) is 7.02. The molecule has 0 radical (unpaired) electrons. The zero-order chi connectivity index (χ0) is 12.2. The van der Waals surface area contributed by atoms with Crippen LogP contribution in [0.15, 0.2) is 6.33 Å². The third kappa shape index (κ3) is 3.98. The summed E-state index contributed by atoms with van der Waals surface area (Å²) in [7, 11) is 1.30. The summed E-state index contributed by atoms with van der Waals surface area (Å²) in [5.74, 6) is -0.464. The first-order valence-electron chi connectivity index (χ1n) is 5.04. The molecule has 16 heavy (non-hydrogen) atoms. The minimum absolute atomic E-state index is 0.0678. The third-order valence-corrected chi connectivity index (χ3v) is 1.76. The topological polar surface area (TPSA) is 66.2 Å². The van der Waals surface area contributed by atoms with Crippen LogP contribution in [0, 0.1) is 0 Å². The van der Waals surface area contributed by atoms with Gasteiger partial charge in [0.2, 0.25) is 0 Å². The molecule has 0 aromatic carbocycles. The van der Waals surface area contributed by atoms with Gasteiger partial charge in [-0.2, -0.15) is 0 Å². The number of carbonyl (C=O) groups is 1. The lowest BCUT2D eigenvalue weighted by Gasteiger charge is -2.19. The lowest BCUT2D eigenvalue weighted by molar-refractivity contribution is -0.00800. The van der Waals surface area contributed by atoms with E-state index in [1.165, 1.54) is 13.4 Å². The van der Waals surface area contributed by atoms with Gasteiger partial charge >= 0.3 is 5.97 Å². The predicted octanol–water partition coefficient (Wildman–Crippen LogP) is 0.880. The van der Waals surface area contributed by atoms with Crippen molar-refractivity contribution < 1.29 is 14.3 Å². The normalized spacial score (nSPS) is 11.5. The molecule has 0 aliphatic carbocycles. The molecule has 0 saturated heterocycles. The smallest absolute Gasteiger partial charge is 0.377 e. The number of nitrogens with zero attached hydrogens (tertiary/aromatic N) is 3. The quantitative estimate of drug-likeness (QED) is 0.714. The van der Waals surface area contributed by atoms with E-state index in [0.29, 0.717) is 13.2 Å². The van der Waals surface area contributed by atoms with Crippen LogP contribution < -0.4 is 0 Å². The molecule has 0 N–H and O–H groups in total. The number of esters is 1. The molecule has 0 saturated carbocycles. The number of methoxy groups -OCH3 is 1. The molecule has 1 heterocycles. The Bertz CT molecular complexity index is 354. The van der Waals surface area contributed by atoms with Gasteiger partial charge in [-0.15, -0.1) is 5.10 Å². The van der Waals surface area contributed by atoms with Crippen LogP contribution in [0.1, 0.15) is 31.4 Å². The SMILES string of the molecule is COC(=O)c1ncn(CCOC(C)(C)C)n1. The van der Waals surface area contributed by atoms with Gasteiger partial charge in [-0.1, -0.05) is 0 Å². The molecule has 0 fully saturated rings. The molecule has 0 bridgehead atoms. The van der Waals surface area contributed by atoms with Crippen molar-refractivity contribution in [1.29, 1.82) is 0 Å². The fourth-order valence-electron chi connectivity index (χ4n) is 1.03. The van der Waals surface area contributed by atoms with E-state index in [4.69, 9.17) is 4.74 Å². The largest absolute Gasteiger partial charge is 0.463 e. The van der Waals surface area contributed by atoms with Gasteiger partial charge in [-0.25, -0.2) is 14.5 Å². The predicted molar refractivity (Wildman–Crippen MR) is 57.1 cm³/mol. The van der Waals surface area contributed by atoms with Gasteiger partial charge in [0.15, 0.2) is 0 Å². The van der Waals surface area contributed by atoms with Crippen molar-refractivity contribution in [3.63, 3.8) is 0 Å². The summed E-state index contributed by atoms with van der Waals surface area (Å²) in [5, 5.41) is 3.95. The summed E-state index contributed by atoms with van der Waals surface area (Å²) < 4.78 is 11.6. The number of hydrogen-bond acceptors (Lipinski definition) is 5. The molecule has 0 spiro atoms. The molecular weight excluding hydrogens is 210 g/mol. The first-order chi connectivity index (χ1) is 7.42. The highest BCUT2D eigenvalue weighted by Crippen LogP contribution is 2.06. The zero-order valence-corrected chi connectivity index (χ0v) is 10.1. The van der Waals surface area contributed by atoms with Crippen LogP contribution >= 0.6 is 0 Å². The first-order valence-corrected chi connectivity index (χ1v) is 5.04. The second kappa shape index (κ2) is 5.07. The Morgan fingerprint density at radius 2 is 2.19 bits per heavy atom. The Morgan fingerprint density at radius 3 is 2.75 bits per heavy atom. The molecule has 1 aromatic rings. The van der Waals surface area contributed by atoms with Gasteiger partial charge in [0, 0.05) is 0 Å². The number of rotatable bonds is 4. The van der Waals surface area contributed by atoms with Crippen molar-refractivity contribution in [3.05, 3.63) is 12.2 Å². The number of ether oxygens (including phenoxy) is 2. The summed E-state index contributed by atoms with van der Waals surface area (Å²) in [6, 6.07) is 0. The highest BCUT2D eigenvalue weighted by atomic mass is 16.5. The van der Waals surface area contributed by atoms with Gasteiger partial charge < -0.3 is 9.47 Å². The van der Waals surface area contributed by atoms with Crippen molar-refractivity contribution in [2.45, 2.75) is 32.9 Å². The first kappa shape index (κ1) is 12.6. The Morgan fingerprint density at radius 1 is 1.50 bits per heavy atom. The molecule has 6 nitrogen and oxygen atoms in total. The molecule has 6 heteroatoms. The maximum Gasteiger partial charge on any atom is 0.377 e. The highest BCUT2D eigenvalue weighted by Gasteiger charge is 2.12. The lowest BCUT2D eigenvalue weighted by Crippen LogP contribution is -2.22. The Balaban J connectivity index is 2.44. The minimum Gasteiger partial charge on any atom is -0.463 e. The van der Waals surface area contributed by atoms with E-state index in [1.54, 1.807) is 4.68 Å². The summed E-state index contributed by atoms with van der Waals surface area (Å²) in [6.07, 6.45) is 1.48. The second-order valence-electron chi connectivity index (χ2n) is 4.28. The van der Waals surface area contributed by atoms with Gasteiger partial charge in [0.05, 0.1) is 25.9 Å². The third-order valence-electron chi connectivity index (χ3n) is 1.76. The summed E-state index contributed by atoms with van der Waals surface area (Å²) in [5.41, 5.74) is -0.175. The van der Waals surface area contributed by atoms with Crippen LogP contribution in [-0.4, -0.2) is 40.1 Å². The van der Waals surface area contributed by atoms with Gasteiger partial charge in [0.25, 0.3) is 5.82 Å². The fourth-order valence-corrected chi connectivity index (χ4v) is 1.03. The van der Waals surface area contributed by atoms with E-state index < -0.39 is 5.97 Å². The van der Waals surface area contributed by atoms with Crippen molar-refractivity contribution in [2.24, 2.45) is 0 Å². The molecule has 90 valence electrons. The van der Waals surface area contributed by atoms with E-state index in [9.17, 15) is 4.79 Å². The van der Waals surface area contributed by atoms with Crippen LogP contribution in [-0.2, 0) is 16.0 Å². The maximum atomic E-state index is 11.1. The molecular formula is C10H17N3O3. The van der Waals surface area contributed by atoms with E-state index in [0.717, 1.165) is 0 Å². The average Bonchev–Trinajstić information content (AvgIpc) is 2.63. The lowest BCUT2D eigenvalue weighted by atomic mass is 10.2. The molecule has 0 aliphatic rings. The van der Waals surface area contributed by atoms with Crippen LogP contribution in [0.3, 0.4) is 0 Å². The van der Waals surface area contributed by atoms with Crippen molar-refractivity contribution in [2.75, 3.05) is 13.7 Å². The van der Waals surface area contributed by atoms with Crippen LogP contribution in [0.2, 0.25) is 0 Å². The van der Waals surface area contributed by atoms with Crippen LogP contribution in [0.25, 0.3) is 0 Å². The fraction of sp³-hybridized carbons (Fsp3) is 0.700. The number of carbonyl (C=O) groups excluding carboxylic acids is 1. The van der Waals surface area contributed by atoms with Crippen molar-refractivity contribution in [1.82, 2.24) is 14.8 Å². The standard InChI is InChI=1S/C10H17N3O3/c1-10(2,3)16-6-5-13-7-11-8(12-13)9(14)15-4/h7H,5-6H2,1-4H3. The van der Waals surface area contributed by atoms with E-state index in [1.807, 2.05) is 20.8 Å². The van der Waals surface area contributed by atoms with Crippen molar-refractivity contribution in [3.8, 4) is 0 Å². The van der Waals surface area contributed by atoms with Gasteiger partial charge in [-0.3, -0.25) is 0 Å². The van der Waals surface area contributed by atoms with E-state index in [2.05, 4.69) is 14.8 Å². The molecule has 1 rings (SSSR count). The molecule has 1 aromatic heterocycles. The highest BCUT2D eigenvalue weighted by molar-refractivity contribution is 5.84. The Hall–Kier alpha value is -1.43. The van der Waals surface area contributed by atoms with Crippen LogP contribution in [0.5, 0.6) is 0 Å².